The highest BCUT2D eigenvalue weighted by atomic mass is 79.9. The molecule has 1 saturated heterocycles. The molecule has 0 bridgehead atoms. The van der Waals surface area contributed by atoms with Crippen LogP contribution in [0.3, 0.4) is 0 Å². The van der Waals surface area contributed by atoms with E-state index in [1.165, 1.54) is 187 Å². The Kier molecular flexibility index (Phi) is 22.1. The van der Waals surface area contributed by atoms with Crippen molar-refractivity contribution in [2.24, 2.45) is 0 Å². The van der Waals surface area contributed by atoms with Gasteiger partial charge in [-0.05, 0) is 335 Å². The SMILES string of the molecule is Brc1ccc(-c2ccc(N(c3ccc(-c4ccccc4)cc3)c3ccc(-c4ccccc4)cc3)cc2)cc1.CC1(C)c2ccccc2-c2cc3c4ccccc4c4cc(-c5ccc(-c6ccc(N(c7ccc(-c8ccccc8)cc7)c7ccc(-c8ccccc8)cc7)cc6)cc5)ccc4c3cc21.CC1(C)c2ccccc2-c2cc3c4ccccc4c4cc(B5OC(C)(C)C(C)(C)O5)ccc4c3cc21. The van der Waals surface area contributed by atoms with Gasteiger partial charge in [-0.3, -0.25) is 0 Å². The van der Waals surface area contributed by atoms with Crippen LogP contribution in [0.2, 0.25) is 0 Å². The van der Waals surface area contributed by atoms with Crippen LogP contribution in [-0.2, 0) is 20.1 Å². The summed E-state index contributed by atoms with van der Waals surface area (Å²) in [6.45, 7) is 17.9. The van der Waals surface area contributed by atoms with Gasteiger partial charge in [-0.25, -0.2) is 0 Å². The maximum Gasteiger partial charge on any atom is 0.494 e. The van der Waals surface area contributed by atoms with Gasteiger partial charge in [-0.1, -0.05) is 402 Å². The average molecular weight is 1840 g/mol. The van der Waals surface area contributed by atoms with E-state index in [1.54, 1.807) is 0 Å². The number of nitrogens with zero attached hydrogens (tertiary/aromatic N) is 2. The minimum absolute atomic E-state index is 0.0271. The first-order valence-corrected chi connectivity index (χ1v) is 48.8. The van der Waals surface area contributed by atoms with Gasteiger partial charge < -0.3 is 19.1 Å². The van der Waals surface area contributed by atoms with Crippen molar-refractivity contribution in [2.75, 3.05) is 9.80 Å². The summed E-state index contributed by atoms with van der Waals surface area (Å²) >= 11 is 3.53. The average Bonchev–Trinajstić information content (AvgIpc) is 1.52. The predicted octanol–water partition coefficient (Wildman–Crippen LogP) is 36.3. The monoisotopic (exact) mass is 1840 g/mol. The zero-order chi connectivity index (χ0) is 93.5. The number of benzene rings is 22. The van der Waals surface area contributed by atoms with Gasteiger partial charge in [0.05, 0.1) is 11.2 Å². The molecule has 0 atom stereocenters. The Balaban J connectivity index is 0.000000124. The molecule has 0 spiro atoms. The van der Waals surface area contributed by atoms with Gasteiger partial charge in [0.2, 0.25) is 0 Å². The Bertz CT molecular complexity index is 8180. The maximum absolute atomic E-state index is 6.40. The minimum atomic E-state index is -0.373. The molecule has 138 heavy (non-hydrogen) atoms. The number of hydrogen-bond acceptors (Lipinski definition) is 4. The van der Waals surface area contributed by atoms with Crippen LogP contribution in [0, 0.1) is 0 Å². The molecule has 0 saturated carbocycles. The zero-order valence-electron chi connectivity index (χ0n) is 78.7. The van der Waals surface area contributed by atoms with Crippen molar-refractivity contribution in [3.63, 3.8) is 0 Å². The smallest absolute Gasteiger partial charge is 0.399 e. The maximum atomic E-state index is 6.40. The molecule has 0 unspecified atom stereocenters. The first-order chi connectivity index (χ1) is 67.3. The molecule has 1 fully saturated rings. The van der Waals surface area contributed by atoms with E-state index >= 15 is 0 Å². The molecule has 1 heterocycles. The van der Waals surface area contributed by atoms with Crippen molar-refractivity contribution >= 4 is 127 Å². The van der Waals surface area contributed by atoms with Crippen LogP contribution in [0.5, 0.6) is 0 Å². The van der Waals surface area contributed by atoms with Crippen molar-refractivity contribution in [1.82, 2.24) is 0 Å². The van der Waals surface area contributed by atoms with Crippen LogP contribution < -0.4 is 15.3 Å². The molecule has 0 N–H and O–H groups in total. The fourth-order valence-electron chi connectivity index (χ4n) is 21.4. The van der Waals surface area contributed by atoms with Crippen molar-refractivity contribution < 1.29 is 9.31 Å². The van der Waals surface area contributed by atoms with Crippen LogP contribution >= 0.6 is 15.9 Å². The fraction of sp³-hybridized carbons (Fsp3) is 0.0909. The van der Waals surface area contributed by atoms with E-state index in [-0.39, 0.29) is 29.2 Å². The van der Waals surface area contributed by atoms with E-state index in [4.69, 9.17) is 9.31 Å². The molecule has 2 aliphatic carbocycles. The third-order valence-electron chi connectivity index (χ3n) is 29.5. The highest BCUT2D eigenvalue weighted by Gasteiger charge is 2.52. The van der Waals surface area contributed by atoms with Crippen LogP contribution in [0.1, 0.15) is 77.6 Å². The normalized spacial score (nSPS) is 13.8. The lowest BCUT2D eigenvalue weighted by molar-refractivity contribution is 0.00578. The van der Waals surface area contributed by atoms with E-state index in [0.717, 1.165) is 44.1 Å². The second-order valence-corrected chi connectivity index (χ2v) is 39.9. The predicted molar refractivity (Wildman–Crippen MR) is 590 cm³/mol. The summed E-state index contributed by atoms with van der Waals surface area (Å²) in [7, 11) is -0.373. The lowest BCUT2D eigenvalue weighted by Crippen LogP contribution is -2.41. The Hall–Kier alpha value is -15.5. The molecule has 0 amide bonds. The van der Waals surface area contributed by atoms with Crippen molar-refractivity contribution in [3.05, 3.63) is 500 Å². The summed E-state index contributed by atoms with van der Waals surface area (Å²) < 4.78 is 13.9. The number of halogens is 1. The molecule has 22 aromatic carbocycles. The Morgan fingerprint density at radius 1 is 0.181 bits per heavy atom. The molecule has 662 valence electrons. The van der Waals surface area contributed by atoms with E-state index in [0.29, 0.717) is 0 Å². The highest BCUT2D eigenvalue weighted by Crippen LogP contribution is 2.55. The number of hydrogen-bond donors (Lipinski definition) is 0. The minimum Gasteiger partial charge on any atom is -0.399 e. The Morgan fingerprint density at radius 3 is 0.725 bits per heavy atom. The molecule has 25 rings (SSSR count). The summed E-state index contributed by atoms with van der Waals surface area (Å²) in [5, 5.41) is 15.5. The molecule has 4 nitrogen and oxygen atoms in total. The Labute approximate surface area is 817 Å². The van der Waals surface area contributed by atoms with Gasteiger partial charge >= 0.3 is 7.12 Å². The highest BCUT2D eigenvalue weighted by molar-refractivity contribution is 9.10. The molecule has 22 aromatic rings. The molecule has 0 aromatic heterocycles. The number of rotatable bonds is 14. The molecular weight excluding hydrogens is 1740 g/mol. The van der Waals surface area contributed by atoms with Gasteiger partial charge in [0.15, 0.2) is 0 Å². The summed E-state index contributed by atoms with van der Waals surface area (Å²) in [5.74, 6) is 0. The first kappa shape index (κ1) is 86.6. The van der Waals surface area contributed by atoms with Gasteiger partial charge in [0, 0.05) is 49.4 Å². The van der Waals surface area contributed by atoms with Gasteiger partial charge in [-0.15, -0.1) is 0 Å². The zero-order valence-corrected chi connectivity index (χ0v) is 80.3. The first-order valence-electron chi connectivity index (χ1n) is 48.0. The van der Waals surface area contributed by atoms with Crippen LogP contribution in [-0.4, -0.2) is 18.3 Å². The third-order valence-corrected chi connectivity index (χ3v) is 30.1. The van der Waals surface area contributed by atoms with E-state index in [1.807, 2.05) is 0 Å². The molecule has 6 heteroatoms. The second-order valence-electron chi connectivity index (χ2n) is 39.0. The number of anilines is 6. The third kappa shape index (κ3) is 15.8. The topological polar surface area (TPSA) is 24.9 Å². The molecular formula is C132H102BBrN2O2. The van der Waals surface area contributed by atoms with Gasteiger partial charge in [0.25, 0.3) is 0 Å². The van der Waals surface area contributed by atoms with Crippen molar-refractivity contribution in [1.29, 1.82) is 0 Å². The van der Waals surface area contributed by atoms with Crippen LogP contribution in [0.25, 0.3) is 165 Å². The molecule has 1 aliphatic heterocycles. The van der Waals surface area contributed by atoms with E-state index in [9.17, 15) is 0 Å². The van der Waals surface area contributed by atoms with E-state index < -0.39 is 0 Å². The largest absolute Gasteiger partial charge is 0.494 e. The summed E-state index contributed by atoms with van der Waals surface area (Å²) in [6, 6.07) is 172. The summed E-state index contributed by atoms with van der Waals surface area (Å²) in [6.07, 6.45) is 0. The molecule has 3 aliphatic rings. The second kappa shape index (κ2) is 35.3. The summed E-state index contributed by atoms with van der Waals surface area (Å²) in [5.41, 5.74) is 34.9. The standard InChI is InChI=1S/C63H45N.C36H26BrN.C33H31BO2/c1-63(2)61-20-12-11-19-56(61)60-40-58-54-18-10-9-17-53(54)57-39-49(31-38-55(57)59(58)41-62(60)63)48-23-21-44(22-24-48)47-29-36-52(37-30-47)64(50-32-25-45(26-33-50)42-13-5-3-6-14-42)51-34-27-46(28-35-51)43-15-7-4-8-16-43;37-33-19-11-29(12-20-33)32-17-25-36(26-18-32)38(34-21-13-30(14-22-34)27-7-3-1-4-8-27)35-23-15-31(16-24-35)28-9-5-2-6-10-28;1-31(2)29-14-10-9-13-24(29)28-18-26-22-12-8-7-11-21(22)25-17-20(15-16-23(25)27(26)19-30(28)31)34-35-32(3,4)33(5,6)36-34/h3-41H,1-2H3;1-26H;7-19H,1-6H3. The Morgan fingerprint density at radius 2 is 0.406 bits per heavy atom. The van der Waals surface area contributed by atoms with E-state index in [2.05, 4.69) is 554 Å². The quantitative estimate of drug-likeness (QED) is 0.0800. The lowest BCUT2D eigenvalue weighted by atomic mass is 9.77. The fourth-order valence-corrected chi connectivity index (χ4v) is 21.6. The van der Waals surface area contributed by atoms with Crippen molar-refractivity contribution in [2.45, 2.75) is 77.4 Å². The van der Waals surface area contributed by atoms with Crippen LogP contribution in [0.15, 0.2) is 478 Å². The molecule has 0 radical (unpaired) electrons. The summed E-state index contributed by atoms with van der Waals surface area (Å²) in [4.78, 5) is 4.66. The van der Waals surface area contributed by atoms with Crippen molar-refractivity contribution in [3.8, 4) is 100 Å². The van der Waals surface area contributed by atoms with Crippen LogP contribution in [0.4, 0.5) is 34.1 Å². The van der Waals surface area contributed by atoms with Gasteiger partial charge in [-0.2, -0.15) is 0 Å². The van der Waals surface area contributed by atoms with Gasteiger partial charge in [0.1, 0.15) is 0 Å². The lowest BCUT2D eigenvalue weighted by Gasteiger charge is -2.32. The number of fused-ring (bicyclic) bond motifs is 18.